The van der Waals surface area contributed by atoms with Crippen molar-refractivity contribution in [3.05, 3.63) is 34.8 Å². The highest BCUT2D eigenvalue weighted by Crippen LogP contribution is 2.27. The first kappa shape index (κ1) is 15.9. The summed E-state index contributed by atoms with van der Waals surface area (Å²) in [5.41, 5.74) is 1.10. The first-order chi connectivity index (χ1) is 11.2. The highest BCUT2D eigenvalue weighted by Gasteiger charge is 2.20. The van der Waals surface area contributed by atoms with Gasteiger partial charge in [0.2, 0.25) is 11.0 Å². The molecule has 2 N–H and O–H groups in total. The second-order valence-corrected chi connectivity index (χ2v) is 6.71. The van der Waals surface area contributed by atoms with E-state index in [1.165, 1.54) is 24.2 Å². The van der Waals surface area contributed by atoms with Crippen LogP contribution in [-0.4, -0.2) is 36.3 Å². The molecule has 23 heavy (non-hydrogen) atoms. The molecule has 2 aromatic rings. The lowest BCUT2D eigenvalue weighted by Crippen LogP contribution is -2.29. The van der Waals surface area contributed by atoms with Crippen LogP contribution in [0.3, 0.4) is 0 Å². The molecular weight excluding hydrogens is 312 g/mol. The van der Waals surface area contributed by atoms with Crippen molar-refractivity contribution in [3.63, 3.8) is 0 Å². The van der Waals surface area contributed by atoms with Crippen molar-refractivity contribution < 1.29 is 9.53 Å². The Morgan fingerprint density at radius 1 is 1.39 bits per heavy atom. The molecule has 1 aliphatic carbocycles. The Morgan fingerprint density at radius 3 is 3.04 bits per heavy atom. The van der Waals surface area contributed by atoms with Crippen LogP contribution in [0.2, 0.25) is 0 Å². The van der Waals surface area contributed by atoms with Crippen molar-refractivity contribution in [1.82, 2.24) is 15.5 Å². The van der Waals surface area contributed by atoms with E-state index in [2.05, 4.69) is 20.8 Å². The number of nitrogens with zero attached hydrogens (tertiary/aromatic N) is 2. The zero-order valence-corrected chi connectivity index (χ0v) is 13.9. The lowest BCUT2D eigenvalue weighted by atomic mass is 10.1. The van der Waals surface area contributed by atoms with Crippen LogP contribution in [-0.2, 0) is 11.2 Å². The molecule has 6 nitrogen and oxygen atoms in total. The topological polar surface area (TPSA) is 76.1 Å². The summed E-state index contributed by atoms with van der Waals surface area (Å²) in [6.07, 6.45) is 3.22. The fourth-order valence-corrected chi connectivity index (χ4v) is 3.00. The molecule has 1 aliphatic rings. The first-order valence-corrected chi connectivity index (χ1v) is 8.50. The molecule has 1 aromatic carbocycles. The summed E-state index contributed by atoms with van der Waals surface area (Å²) < 4.78 is 5.21. The number of amides is 1. The van der Waals surface area contributed by atoms with E-state index in [4.69, 9.17) is 4.74 Å². The van der Waals surface area contributed by atoms with Gasteiger partial charge in [0.05, 0.1) is 13.7 Å². The van der Waals surface area contributed by atoms with Crippen LogP contribution in [0.4, 0.5) is 5.13 Å². The van der Waals surface area contributed by atoms with Gasteiger partial charge in [0.1, 0.15) is 10.8 Å². The number of anilines is 1. The zero-order chi connectivity index (χ0) is 16.1. The van der Waals surface area contributed by atoms with Crippen molar-refractivity contribution in [1.29, 1.82) is 0 Å². The minimum atomic E-state index is -0.0743. The Balaban J connectivity index is 1.49. The Kier molecular flexibility index (Phi) is 5.19. The highest BCUT2D eigenvalue weighted by molar-refractivity contribution is 7.15. The highest BCUT2D eigenvalue weighted by atomic mass is 32.1. The van der Waals surface area contributed by atoms with Gasteiger partial charge in [0.25, 0.3) is 0 Å². The molecule has 0 spiro atoms. The van der Waals surface area contributed by atoms with Crippen molar-refractivity contribution in [2.75, 3.05) is 25.5 Å². The Bertz CT molecular complexity index is 670. The average Bonchev–Trinajstić information content (AvgIpc) is 3.27. The summed E-state index contributed by atoms with van der Waals surface area (Å²) in [5.74, 6) is 1.51. The van der Waals surface area contributed by atoms with Gasteiger partial charge in [-0.2, -0.15) is 0 Å². The molecule has 1 aromatic heterocycles. The quantitative estimate of drug-likeness (QED) is 0.774. The van der Waals surface area contributed by atoms with Crippen molar-refractivity contribution >= 4 is 22.4 Å². The van der Waals surface area contributed by atoms with Crippen LogP contribution < -0.4 is 15.4 Å². The molecule has 1 saturated carbocycles. The first-order valence-electron chi connectivity index (χ1n) is 7.69. The maximum Gasteiger partial charge on any atom is 0.240 e. The monoisotopic (exact) mass is 332 g/mol. The smallest absolute Gasteiger partial charge is 0.240 e. The van der Waals surface area contributed by atoms with E-state index < -0.39 is 0 Å². The Hall–Kier alpha value is -1.99. The number of ether oxygens (including phenoxy) is 1. The van der Waals surface area contributed by atoms with Gasteiger partial charge in [-0.3, -0.25) is 10.1 Å². The fourth-order valence-electron chi connectivity index (χ4n) is 2.21. The molecule has 0 atom stereocenters. The number of nitrogens with one attached hydrogen (secondary N) is 2. The largest absolute Gasteiger partial charge is 0.497 e. The van der Waals surface area contributed by atoms with Gasteiger partial charge in [0, 0.05) is 6.42 Å². The Morgan fingerprint density at radius 2 is 2.26 bits per heavy atom. The van der Waals surface area contributed by atoms with Crippen LogP contribution in [0.5, 0.6) is 5.75 Å². The molecule has 0 saturated heterocycles. The van der Waals surface area contributed by atoms with Crippen LogP contribution in [0.25, 0.3) is 0 Å². The zero-order valence-electron chi connectivity index (χ0n) is 13.0. The maximum atomic E-state index is 11.8. The van der Waals surface area contributed by atoms with Gasteiger partial charge >= 0.3 is 0 Å². The van der Waals surface area contributed by atoms with Crippen molar-refractivity contribution in [3.8, 4) is 5.75 Å². The van der Waals surface area contributed by atoms with Gasteiger partial charge in [-0.25, -0.2) is 0 Å². The van der Waals surface area contributed by atoms with E-state index in [0.29, 0.717) is 18.1 Å². The summed E-state index contributed by atoms with van der Waals surface area (Å²) in [6.45, 7) is 1.24. The van der Waals surface area contributed by atoms with Crippen molar-refractivity contribution in [2.45, 2.75) is 19.3 Å². The molecule has 1 amide bonds. The third kappa shape index (κ3) is 5.01. The lowest BCUT2D eigenvalue weighted by Gasteiger charge is -2.03. The molecule has 3 rings (SSSR count). The third-order valence-electron chi connectivity index (χ3n) is 3.62. The number of hydrogen-bond donors (Lipinski definition) is 2. The summed E-state index contributed by atoms with van der Waals surface area (Å²) in [6, 6.07) is 7.85. The minimum absolute atomic E-state index is 0.0743. The standard InChI is InChI=1S/C16H20N4O2S/c1-22-13-4-2-3-12(7-13)8-15-19-20-16(23-15)18-14(21)10-17-9-11-5-6-11/h2-4,7,11,17H,5-6,8-10H2,1H3,(H,18,20,21). The van der Waals surface area contributed by atoms with Crippen molar-refractivity contribution in [2.24, 2.45) is 5.92 Å². The molecule has 0 unspecified atom stereocenters. The lowest BCUT2D eigenvalue weighted by molar-refractivity contribution is -0.115. The molecular formula is C16H20N4O2S. The van der Waals surface area contributed by atoms with Gasteiger partial charge in [-0.15, -0.1) is 10.2 Å². The predicted octanol–water partition coefficient (Wildman–Crippen LogP) is 2.08. The number of methoxy groups -OCH3 is 1. The number of benzene rings is 1. The second-order valence-electron chi connectivity index (χ2n) is 5.65. The Labute approximate surface area is 139 Å². The number of rotatable bonds is 8. The van der Waals surface area contributed by atoms with E-state index >= 15 is 0 Å². The van der Waals surface area contributed by atoms with E-state index in [-0.39, 0.29) is 5.91 Å². The summed E-state index contributed by atoms with van der Waals surface area (Å²) in [7, 11) is 1.65. The maximum absolute atomic E-state index is 11.8. The van der Waals surface area contributed by atoms with Crippen LogP contribution in [0.15, 0.2) is 24.3 Å². The summed E-state index contributed by atoms with van der Waals surface area (Å²) in [4.78, 5) is 11.8. The molecule has 1 heterocycles. The number of carbonyl (C=O) groups is 1. The minimum Gasteiger partial charge on any atom is -0.497 e. The summed E-state index contributed by atoms with van der Waals surface area (Å²) >= 11 is 1.40. The number of aromatic nitrogens is 2. The van der Waals surface area contributed by atoms with Crippen LogP contribution in [0, 0.1) is 5.92 Å². The SMILES string of the molecule is COc1cccc(Cc2nnc(NC(=O)CNCC3CC3)s2)c1. The average molecular weight is 332 g/mol. The normalized spacial score (nSPS) is 13.8. The van der Waals surface area contributed by atoms with E-state index in [1.807, 2.05) is 24.3 Å². The van der Waals surface area contributed by atoms with E-state index in [1.54, 1.807) is 7.11 Å². The molecule has 0 aliphatic heterocycles. The number of hydrogen-bond acceptors (Lipinski definition) is 6. The van der Waals surface area contributed by atoms with Gasteiger partial charge < -0.3 is 10.1 Å². The molecule has 0 radical (unpaired) electrons. The van der Waals surface area contributed by atoms with Crippen LogP contribution in [0.1, 0.15) is 23.4 Å². The van der Waals surface area contributed by atoms with E-state index in [0.717, 1.165) is 28.8 Å². The number of carbonyl (C=O) groups excluding carboxylic acids is 1. The third-order valence-corrected chi connectivity index (χ3v) is 4.46. The second kappa shape index (κ2) is 7.52. The fraction of sp³-hybridized carbons (Fsp3) is 0.438. The van der Waals surface area contributed by atoms with E-state index in [9.17, 15) is 4.79 Å². The molecule has 122 valence electrons. The van der Waals surface area contributed by atoms with Crippen LogP contribution >= 0.6 is 11.3 Å². The van der Waals surface area contributed by atoms with Gasteiger partial charge in [-0.1, -0.05) is 23.5 Å². The summed E-state index contributed by atoms with van der Waals surface area (Å²) in [5, 5.41) is 15.5. The van der Waals surface area contributed by atoms with Gasteiger partial charge in [-0.05, 0) is 43.0 Å². The molecule has 0 bridgehead atoms. The molecule has 7 heteroatoms. The molecule has 1 fully saturated rings. The van der Waals surface area contributed by atoms with Gasteiger partial charge in [0.15, 0.2) is 0 Å². The predicted molar refractivity (Wildman–Crippen MR) is 89.9 cm³/mol.